The van der Waals surface area contributed by atoms with Crippen LogP contribution in [0.1, 0.15) is 29.3 Å². The molecule has 2 heterocycles. The van der Waals surface area contributed by atoms with Crippen molar-refractivity contribution in [3.8, 4) is 0 Å². The van der Waals surface area contributed by atoms with E-state index in [1.165, 1.54) is 28.4 Å². The van der Waals surface area contributed by atoms with Crippen molar-refractivity contribution in [1.82, 2.24) is 9.88 Å². The minimum Gasteiger partial charge on any atom is -0.338 e. The van der Waals surface area contributed by atoms with Crippen LogP contribution in [0, 0.1) is 18.7 Å². The van der Waals surface area contributed by atoms with Crippen molar-refractivity contribution < 1.29 is 14.0 Å². The van der Waals surface area contributed by atoms with Crippen LogP contribution in [0.15, 0.2) is 30.5 Å². The SMILES string of the molecule is Cc1cnc(NC(=O)[C@H]2CCC(=O)N(C)[C@@H]2c2cccc(F)c2)s1. The second-order valence-corrected chi connectivity index (χ2v) is 7.15. The number of hydrogen-bond acceptors (Lipinski definition) is 4. The Morgan fingerprint density at radius 1 is 1.46 bits per heavy atom. The third-order valence-electron chi connectivity index (χ3n) is 4.24. The molecule has 7 heteroatoms. The van der Waals surface area contributed by atoms with Crippen LogP contribution >= 0.6 is 11.3 Å². The molecule has 5 nitrogen and oxygen atoms in total. The standard InChI is InChI=1S/C17H18FN3O2S/c1-10-9-19-17(24-10)20-16(23)13-6-7-14(22)21(2)15(13)11-4-3-5-12(18)8-11/h3-5,8-9,13,15H,6-7H2,1-2H3,(H,19,20,23)/t13-,15+/m0/s1. The van der Waals surface area contributed by atoms with Crippen molar-refractivity contribution >= 4 is 28.3 Å². The van der Waals surface area contributed by atoms with Gasteiger partial charge >= 0.3 is 0 Å². The predicted molar refractivity (Wildman–Crippen MR) is 90.1 cm³/mol. The van der Waals surface area contributed by atoms with Crippen LogP contribution < -0.4 is 5.32 Å². The first kappa shape index (κ1) is 16.6. The summed E-state index contributed by atoms with van der Waals surface area (Å²) >= 11 is 1.40. The Labute approximate surface area is 143 Å². The summed E-state index contributed by atoms with van der Waals surface area (Å²) in [5.41, 5.74) is 0.626. The van der Waals surface area contributed by atoms with Gasteiger partial charge in [-0.2, -0.15) is 0 Å². The minimum absolute atomic E-state index is 0.0431. The predicted octanol–water partition coefficient (Wildman–Crippen LogP) is 3.14. The van der Waals surface area contributed by atoms with E-state index in [4.69, 9.17) is 0 Å². The number of piperidine rings is 1. The fourth-order valence-electron chi connectivity index (χ4n) is 3.07. The number of carbonyl (C=O) groups is 2. The third kappa shape index (κ3) is 3.31. The van der Waals surface area contributed by atoms with E-state index in [9.17, 15) is 14.0 Å². The zero-order valence-corrected chi connectivity index (χ0v) is 14.3. The molecular weight excluding hydrogens is 329 g/mol. The van der Waals surface area contributed by atoms with Crippen molar-refractivity contribution in [2.45, 2.75) is 25.8 Å². The van der Waals surface area contributed by atoms with Crippen molar-refractivity contribution in [1.29, 1.82) is 0 Å². The van der Waals surface area contributed by atoms with E-state index in [1.54, 1.807) is 25.4 Å². The highest BCUT2D eigenvalue weighted by atomic mass is 32.1. The highest BCUT2D eigenvalue weighted by molar-refractivity contribution is 7.15. The second kappa shape index (κ2) is 6.68. The van der Waals surface area contributed by atoms with Crippen LogP contribution in [0.2, 0.25) is 0 Å². The van der Waals surface area contributed by atoms with Gasteiger partial charge in [-0.15, -0.1) is 11.3 Å². The Morgan fingerprint density at radius 3 is 2.92 bits per heavy atom. The summed E-state index contributed by atoms with van der Waals surface area (Å²) in [4.78, 5) is 31.5. The van der Waals surface area contributed by atoms with Gasteiger partial charge in [0.1, 0.15) is 5.82 Å². The number of nitrogens with zero attached hydrogens (tertiary/aromatic N) is 2. The molecule has 1 aliphatic rings. The highest BCUT2D eigenvalue weighted by Gasteiger charge is 2.39. The van der Waals surface area contributed by atoms with Gasteiger partial charge in [0.15, 0.2) is 5.13 Å². The Kier molecular flexibility index (Phi) is 4.62. The summed E-state index contributed by atoms with van der Waals surface area (Å²) < 4.78 is 13.6. The number of nitrogens with one attached hydrogen (secondary N) is 1. The van der Waals surface area contributed by atoms with Crippen LogP contribution in [0.25, 0.3) is 0 Å². The van der Waals surface area contributed by atoms with Gasteiger partial charge in [-0.1, -0.05) is 12.1 Å². The van der Waals surface area contributed by atoms with Gasteiger partial charge in [0, 0.05) is 24.5 Å². The average Bonchev–Trinajstić information content (AvgIpc) is 2.94. The topological polar surface area (TPSA) is 62.3 Å². The van der Waals surface area contributed by atoms with Gasteiger partial charge in [0.25, 0.3) is 0 Å². The smallest absolute Gasteiger partial charge is 0.231 e. The lowest BCUT2D eigenvalue weighted by Crippen LogP contribution is -2.44. The monoisotopic (exact) mass is 347 g/mol. The van der Waals surface area contributed by atoms with Crippen LogP contribution in [-0.4, -0.2) is 28.7 Å². The lowest BCUT2D eigenvalue weighted by atomic mass is 9.84. The van der Waals surface area contributed by atoms with Gasteiger partial charge in [-0.25, -0.2) is 9.37 Å². The van der Waals surface area contributed by atoms with Gasteiger partial charge in [0.05, 0.1) is 12.0 Å². The molecule has 2 amide bonds. The minimum atomic E-state index is -0.483. The van der Waals surface area contributed by atoms with Gasteiger partial charge in [-0.3, -0.25) is 9.59 Å². The zero-order valence-electron chi connectivity index (χ0n) is 13.5. The number of thiazole rings is 1. The summed E-state index contributed by atoms with van der Waals surface area (Å²) in [5.74, 6) is -1.07. The van der Waals surface area contributed by atoms with E-state index in [0.717, 1.165) is 4.88 Å². The molecule has 0 saturated carbocycles. The molecule has 1 aromatic carbocycles. The molecule has 1 aromatic heterocycles. The fourth-order valence-corrected chi connectivity index (χ4v) is 3.74. The molecular formula is C17H18FN3O2S. The molecule has 0 radical (unpaired) electrons. The maximum absolute atomic E-state index is 13.6. The first-order valence-electron chi connectivity index (χ1n) is 7.70. The summed E-state index contributed by atoms with van der Waals surface area (Å²) in [6.45, 7) is 1.91. The summed E-state index contributed by atoms with van der Waals surface area (Å²) in [7, 11) is 1.66. The van der Waals surface area contributed by atoms with E-state index in [-0.39, 0.29) is 17.6 Å². The molecule has 0 aliphatic carbocycles. The zero-order chi connectivity index (χ0) is 17.3. The van der Waals surface area contributed by atoms with Gasteiger partial charge < -0.3 is 10.2 Å². The Hall–Kier alpha value is -2.28. The second-order valence-electron chi connectivity index (χ2n) is 5.91. The first-order chi connectivity index (χ1) is 11.5. The Morgan fingerprint density at radius 2 is 2.25 bits per heavy atom. The molecule has 1 N–H and O–H groups in total. The van der Waals surface area contributed by atoms with E-state index in [0.29, 0.717) is 23.5 Å². The van der Waals surface area contributed by atoms with Crippen molar-refractivity contribution in [3.63, 3.8) is 0 Å². The third-order valence-corrected chi connectivity index (χ3v) is 5.07. The molecule has 0 spiro atoms. The number of amides is 2. The molecule has 0 unspecified atom stereocenters. The molecule has 1 aliphatic heterocycles. The Balaban J connectivity index is 1.88. The first-order valence-corrected chi connectivity index (χ1v) is 8.52. The van der Waals surface area contributed by atoms with E-state index in [1.807, 2.05) is 6.92 Å². The fraction of sp³-hybridized carbons (Fsp3) is 0.353. The van der Waals surface area contributed by atoms with Crippen LogP contribution in [0.4, 0.5) is 9.52 Å². The van der Waals surface area contributed by atoms with Crippen molar-refractivity contribution in [2.75, 3.05) is 12.4 Å². The quantitative estimate of drug-likeness (QED) is 0.928. The number of halogens is 1. The summed E-state index contributed by atoms with van der Waals surface area (Å²) in [6.07, 6.45) is 2.43. The number of rotatable bonds is 3. The van der Waals surface area contributed by atoms with Gasteiger partial charge in [0.2, 0.25) is 11.8 Å². The van der Waals surface area contributed by atoms with Crippen LogP contribution in [-0.2, 0) is 9.59 Å². The number of aryl methyl sites for hydroxylation is 1. The largest absolute Gasteiger partial charge is 0.338 e. The number of benzene rings is 1. The summed E-state index contributed by atoms with van der Waals surface area (Å²) in [5, 5.41) is 3.36. The van der Waals surface area contributed by atoms with E-state index >= 15 is 0 Å². The molecule has 3 rings (SSSR count). The highest BCUT2D eigenvalue weighted by Crippen LogP contribution is 2.36. The van der Waals surface area contributed by atoms with E-state index < -0.39 is 12.0 Å². The molecule has 24 heavy (non-hydrogen) atoms. The molecule has 2 aromatic rings. The number of carbonyl (C=O) groups excluding carboxylic acids is 2. The molecule has 126 valence electrons. The summed E-state index contributed by atoms with van der Waals surface area (Å²) in [6, 6.07) is 5.59. The lowest BCUT2D eigenvalue weighted by Gasteiger charge is -2.38. The maximum atomic E-state index is 13.6. The number of aromatic nitrogens is 1. The average molecular weight is 347 g/mol. The molecule has 0 bridgehead atoms. The Bertz CT molecular complexity index is 777. The molecule has 1 fully saturated rings. The number of anilines is 1. The normalized spacial score (nSPS) is 21.0. The maximum Gasteiger partial charge on any atom is 0.231 e. The molecule has 1 saturated heterocycles. The van der Waals surface area contributed by atoms with Crippen LogP contribution in [0.5, 0.6) is 0 Å². The van der Waals surface area contributed by atoms with Crippen molar-refractivity contribution in [3.05, 3.63) is 46.7 Å². The van der Waals surface area contributed by atoms with E-state index in [2.05, 4.69) is 10.3 Å². The van der Waals surface area contributed by atoms with Crippen LogP contribution in [0.3, 0.4) is 0 Å². The number of hydrogen-bond donors (Lipinski definition) is 1. The number of likely N-dealkylation sites (tertiary alicyclic amines) is 1. The lowest BCUT2D eigenvalue weighted by molar-refractivity contribution is -0.140. The van der Waals surface area contributed by atoms with Crippen molar-refractivity contribution in [2.24, 2.45) is 5.92 Å². The van der Waals surface area contributed by atoms with Gasteiger partial charge in [-0.05, 0) is 31.0 Å². The molecule has 2 atom stereocenters.